The third kappa shape index (κ3) is 2.08. The maximum absolute atomic E-state index is 13.7. The molecule has 2 aromatic rings. The molecule has 84 valence electrons. The lowest BCUT2D eigenvalue weighted by Gasteiger charge is -2.15. The van der Waals surface area contributed by atoms with Crippen LogP contribution in [-0.2, 0) is 0 Å². The van der Waals surface area contributed by atoms with E-state index in [4.69, 9.17) is 5.84 Å². The van der Waals surface area contributed by atoms with Crippen LogP contribution in [0.25, 0.3) is 0 Å². The van der Waals surface area contributed by atoms with Gasteiger partial charge in [-0.1, -0.05) is 22.2 Å². The van der Waals surface area contributed by atoms with Gasteiger partial charge >= 0.3 is 0 Å². The molecule has 0 fully saturated rings. The number of aromatic nitrogens is 2. The molecule has 0 saturated carbocycles. The van der Waals surface area contributed by atoms with E-state index in [1.807, 2.05) is 6.92 Å². The Labute approximate surface area is 96.4 Å². The Hall–Kier alpha value is -1.37. The molecule has 0 amide bonds. The summed E-state index contributed by atoms with van der Waals surface area (Å²) in [4.78, 5) is 0.784. The van der Waals surface area contributed by atoms with Crippen LogP contribution < -0.4 is 11.3 Å². The van der Waals surface area contributed by atoms with Crippen LogP contribution >= 0.6 is 11.5 Å². The zero-order valence-corrected chi connectivity index (χ0v) is 9.46. The highest BCUT2D eigenvalue weighted by atomic mass is 32.1. The van der Waals surface area contributed by atoms with Crippen molar-refractivity contribution in [3.05, 3.63) is 46.2 Å². The van der Waals surface area contributed by atoms with Gasteiger partial charge < -0.3 is 0 Å². The van der Waals surface area contributed by atoms with E-state index in [0.29, 0.717) is 5.56 Å². The number of halogens is 1. The number of hydrogen-bond donors (Lipinski definition) is 2. The van der Waals surface area contributed by atoms with E-state index in [1.54, 1.807) is 18.3 Å². The number of hydrazine groups is 1. The number of benzene rings is 1. The summed E-state index contributed by atoms with van der Waals surface area (Å²) < 4.78 is 17.4. The van der Waals surface area contributed by atoms with Crippen LogP contribution in [0, 0.1) is 12.7 Å². The first-order valence-corrected chi connectivity index (χ1v) is 5.49. The number of rotatable bonds is 3. The van der Waals surface area contributed by atoms with Crippen molar-refractivity contribution in [2.75, 3.05) is 0 Å². The van der Waals surface area contributed by atoms with Crippen LogP contribution in [0.2, 0.25) is 0 Å². The SMILES string of the molecule is Cc1ccc(F)c(C(NN)c2cnns2)c1. The summed E-state index contributed by atoms with van der Waals surface area (Å²) in [5, 5.41) is 3.72. The van der Waals surface area contributed by atoms with Crippen LogP contribution in [0.4, 0.5) is 4.39 Å². The minimum absolute atomic E-state index is 0.290. The summed E-state index contributed by atoms with van der Waals surface area (Å²) >= 11 is 1.19. The van der Waals surface area contributed by atoms with Crippen molar-refractivity contribution in [3.8, 4) is 0 Å². The summed E-state index contributed by atoms with van der Waals surface area (Å²) in [7, 11) is 0. The lowest BCUT2D eigenvalue weighted by Crippen LogP contribution is -2.29. The molecule has 16 heavy (non-hydrogen) atoms. The highest BCUT2D eigenvalue weighted by molar-refractivity contribution is 7.05. The maximum atomic E-state index is 13.7. The van der Waals surface area contributed by atoms with Gasteiger partial charge in [0.1, 0.15) is 5.82 Å². The van der Waals surface area contributed by atoms with Gasteiger partial charge in [0, 0.05) is 5.56 Å². The smallest absolute Gasteiger partial charge is 0.128 e. The standard InChI is InChI=1S/C10H11FN4S/c1-6-2-3-8(11)7(4-6)10(14-12)9-5-13-15-16-9/h2-5,10,14H,12H2,1H3. The topological polar surface area (TPSA) is 63.8 Å². The van der Waals surface area contributed by atoms with Crippen molar-refractivity contribution < 1.29 is 4.39 Å². The second-order valence-corrected chi connectivity index (χ2v) is 4.26. The monoisotopic (exact) mass is 238 g/mol. The predicted molar refractivity (Wildman–Crippen MR) is 60.2 cm³/mol. The van der Waals surface area contributed by atoms with Crippen LogP contribution in [0.3, 0.4) is 0 Å². The molecule has 0 bridgehead atoms. The van der Waals surface area contributed by atoms with Crippen LogP contribution in [0.15, 0.2) is 24.4 Å². The Morgan fingerprint density at radius 1 is 1.50 bits per heavy atom. The molecule has 3 N–H and O–H groups in total. The molecule has 0 aliphatic carbocycles. The summed E-state index contributed by atoms with van der Waals surface area (Å²) in [6, 6.07) is 4.51. The molecule has 0 aliphatic heterocycles. The highest BCUT2D eigenvalue weighted by Gasteiger charge is 2.18. The number of aryl methyl sites for hydroxylation is 1. The molecule has 6 heteroatoms. The normalized spacial score (nSPS) is 12.7. The number of nitrogens with zero attached hydrogens (tertiary/aromatic N) is 2. The van der Waals surface area contributed by atoms with Gasteiger partial charge in [-0.25, -0.2) is 9.82 Å². The van der Waals surface area contributed by atoms with Crippen molar-refractivity contribution in [3.63, 3.8) is 0 Å². The Bertz CT molecular complexity index is 472. The van der Waals surface area contributed by atoms with Gasteiger partial charge in [0.25, 0.3) is 0 Å². The van der Waals surface area contributed by atoms with E-state index < -0.39 is 6.04 Å². The summed E-state index contributed by atoms with van der Waals surface area (Å²) in [5.41, 5.74) is 4.07. The molecule has 4 nitrogen and oxygen atoms in total. The van der Waals surface area contributed by atoms with Crippen molar-refractivity contribution in [1.82, 2.24) is 15.0 Å². The first-order valence-electron chi connectivity index (χ1n) is 4.72. The van der Waals surface area contributed by atoms with Crippen LogP contribution in [0.5, 0.6) is 0 Å². The van der Waals surface area contributed by atoms with Crippen LogP contribution in [0.1, 0.15) is 22.0 Å². The van der Waals surface area contributed by atoms with E-state index in [2.05, 4.69) is 15.0 Å². The van der Waals surface area contributed by atoms with Gasteiger partial charge in [-0.05, 0) is 24.5 Å². The van der Waals surface area contributed by atoms with Crippen LogP contribution in [-0.4, -0.2) is 9.59 Å². The van der Waals surface area contributed by atoms with Gasteiger partial charge in [0.15, 0.2) is 0 Å². The maximum Gasteiger partial charge on any atom is 0.128 e. The fourth-order valence-electron chi connectivity index (χ4n) is 1.51. The summed E-state index contributed by atoms with van der Waals surface area (Å²) in [6.45, 7) is 1.90. The fourth-order valence-corrected chi connectivity index (χ4v) is 2.09. The Morgan fingerprint density at radius 3 is 2.94 bits per heavy atom. The minimum atomic E-state index is -0.403. The summed E-state index contributed by atoms with van der Waals surface area (Å²) in [6.07, 6.45) is 1.58. The lowest BCUT2D eigenvalue weighted by atomic mass is 10.0. The predicted octanol–water partition coefficient (Wildman–Crippen LogP) is 1.54. The highest BCUT2D eigenvalue weighted by Crippen LogP contribution is 2.25. The van der Waals surface area contributed by atoms with Crippen molar-refractivity contribution in [2.24, 2.45) is 5.84 Å². The fraction of sp³-hybridized carbons (Fsp3) is 0.200. The van der Waals surface area contributed by atoms with E-state index in [1.165, 1.54) is 17.6 Å². The Balaban J connectivity index is 2.44. The second kappa shape index (κ2) is 4.65. The lowest BCUT2D eigenvalue weighted by molar-refractivity contribution is 0.563. The molecule has 0 saturated heterocycles. The molecule has 2 rings (SSSR count). The second-order valence-electron chi connectivity index (χ2n) is 3.44. The van der Waals surface area contributed by atoms with E-state index in [9.17, 15) is 4.39 Å². The largest absolute Gasteiger partial charge is 0.271 e. The van der Waals surface area contributed by atoms with E-state index in [-0.39, 0.29) is 5.82 Å². The zero-order chi connectivity index (χ0) is 11.5. The molecule has 0 radical (unpaired) electrons. The quantitative estimate of drug-likeness (QED) is 0.629. The van der Waals surface area contributed by atoms with Crippen molar-refractivity contribution in [2.45, 2.75) is 13.0 Å². The van der Waals surface area contributed by atoms with Gasteiger partial charge in [0.05, 0.1) is 17.1 Å². The van der Waals surface area contributed by atoms with E-state index in [0.717, 1.165) is 10.4 Å². The molecule has 0 aliphatic rings. The Morgan fingerprint density at radius 2 is 2.31 bits per heavy atom. The molecule has 1 heterocycles. The van der Waals surface area contributed by atoms with Crippen molar-refractivity contribution >= 4 is 11.5 Å². The van der Waals surface area contributed by atoms with Crippen molar-refractivity contribution in [1.29, 1.82) is 0 Å². The average Bonchev–Trinajstić information content (AvgIpc) is 2.78. The molecule has 1 aromatic carbocycles. The Kier molecular flexibility index (Phi) is 3.23. The van der Waals surface area contributed by atoms with Gasteiger partial charge in [-0.15, -0.1) is 5.10 Å². The van der Waals surface area contributed by atoms with Gasteiger partial charge in [-0.2, -0.15) is 0 Å². The molecule has 1 unspecified atom stereocenters. The molecular formula is C10H11FN4S. The molecule has 0 spiro atoms. The van der Waals surface area contributed by atoms with E-state index >= 15 is 0 Å². The number of nitrogens with one attached hydrogen (secondary N) is 1. The zero-order valence-electron chi connectivity index (χ0n) is 8.64. The number of hydrogen-bond acceptors (Lipinski definition) is 5. The first kappa shape index (κ1) is 11.1. The van der Waals surface area contributed by atoms with Gasteiger partial charge in [0.2, 0.25) is 0 Å². The third-order valence-corrected chi connectivity index (χ3v) is 3.02. The molecule has 1 aromatic heterocycles. The summed E-state index contributed by atoms with van der Waals surface area (Å²) in [5.74, 6) is 5.16. The van der Waals surface area contributed by atoms with Gasteiger partial charge in [-0.3, -0.25) is 5.84 Å². The third-order valence-electron chi connectivity index (χ3n) is 2.29. The minimum Gasteiger partial charge on any atom is -0.271 e. The average molecular weight is 238 g/mol. The number of nitrogens with two attached hydrogens (primary N) is 1. The molecular weight excluding hydrogens is 227 g/mol. The molecule has 1 atom stereocenters. The first-order chi connectivity index (χ1) is 7.72.